The molecule has 21 heavy (non-hydrogen) atoms. The van der Waals surface area contributed by atoms with E-state index in [1.54, 1.807) is 13.8 Å². The summed E-state index contributed by atoms with van der Waals surface area (Å²) >= 11 is 0. The molecule has 0 saturated carbocycles. The Morgan fingerprint density at radius 3 is 1.14 bits per heavy atom. The molecule has 0 aromatic heterocycles. The van der Waals surface area contributed by atoms with E-state index in [0.29, 0.717) is 40.8 Å². The Bertz CT molecular complexity index is 211. The summed E-state index contributed by atoms with van der Waals surface area (Å²) in [6, 6.07) is 0. The van der Waals surface area contributed by atoms with Crippen LogP contribution in [0.25, 0.3) is 0 Å². The van der Waals surface area contributed by atoms with Gasteiger partial charge in [-0.25, -0.2) is 4.57 Å². The quantitative estimate of drug-likeness (QED) is 0.747. The molecule has 0 amide bonds. The Balaban J connectivity index is 0.000000293. The molecule has 1 N–H and O–H groups in total. The lowest BCUT2D eigenvalue weighted by molar-refractivity contribution is -0.247. The van der Waals surface area contributed by atoms with Crippen molar-refractivity contribution >= 4 is 7.82 Å². The van der Waals surface area contributed by atoms with Gasteiger partial charge in [0.2, 0.25) is 0 Å². The average molecular weight is 334 g/mol. The fourth-order valence-corrected chi connectivity index (χ4v) is 1.65. The van der Waals surface area contributed by atoms with Crippen molar-refractivity contribution in [3.05, 3.63) is 0 Å². The van der Waals surface area contributed by atoms with Gasteiger partial charge in [-0.1, -0.05) is 0 Å². The predicted octanol–water partition coefficient (Wildman–Crippen LogP) is 1.00. The SMILES string of the molecule is C1OCOCO1.C1OCOCO1.CCOP(=O)(O)OCC. The molecule has 0 aliphatic carbocycles. The minimum atomic E-state index is -3.69. The van der Waals surface area contributed by atoms with Gasteiger partial charge in [-0.05, 0) is 13.8 Å². The lowest BCUT2D eigenvalue weighted by Crippen LogP contribution is -2.14. The van der Waals surface area contributed by atoms with E-state index >= 15 is 0 Å². The summed E-state index contributed by atoms with van der Waals surface area (Å²) in [4.78, 5) is 8.63. The van der Waals surface area contributed by atoms with E-state index in [-0.39, 0.29) is 13.2 Å². The maximum atomic E-state index is 10.5. The molecule has 0 aromatic carbocycles. The summed E-state index contributed by atoms with van der Waals surface area (Å²) in [7, 11) is -3.69. The van der Waals surface area contributed by atoms with Crippen LogP contribution in [0.5, 0.6) is 0 Å². The molecule has 2 fully saturated rings. The Morgan fingerprint density at radius 2 is 1.00 bits per heavy atom. The number of hydrogen-bond acceptors (Lipinski definition) is 9. The fraction of sp³-hybridized carbons (Fsp3) is 1.00. The Kier molecular flexibility index (Phi) is 14.7. The van der Waals surface area contributed by atoms with Crippen LogP contribution in [0.2, 0.25) is 0 Å². The first kappa shape index (κ1) is 20.9. The predicted molar refractivity (Wildman–Crippen MR) is 68.8 cm³/mol. The lowest BCUT2D eigenvalue weighted by Gasteiger charge is -2.10. The van der Waals surface area contributed by atoms with E-state index < -0.39 is 7.82 Å². The molecule has 2 saturated heterocycles. The van der Waals surface area contributed by atoms with Crippen LogP contribution in [-0.4, -0.2) is 58.9 Å². The number of ether oxygens (including phenoxy) is 6. The second kappa shape index (κ2) is 14.8. The third kappa shape index (κ3) is 16.1. The number of rotatable bonds is 4. The average Bonchev–Trinajstić information content (AvgIpc) is 2.52. The summed E-state index contributed by atoms with van der Waals surface area (Å²) in [6.45, 7) is 5.88. The molecule has 11 heteroatoms. The van der Waals surface area contributed by atoms with Crippen LogP contribution in [0.4, 0.5) is 0 Å². The normalized spacial score (nSPS) is 18.8. The van der Waals surface area contributed by atoms with Gasteiger partial charge in [0, 0.05) is 0 Å². The topological polar surface area (TPSA) is 111 Å². The van der Waals surface area contributed by atoms with Gasteiger partial charge >= 0.3 is 7.82 Å². The first-order valence-corrected chi connectivity index (χ1v) is 7.70. The van der Waals surface area contributed by atoms with Gasteiger partial charge in [-0.2, -0.15) is 0 Å². The molecule has 2 rings (SSSR count). The minimum absolute atomic E-state index is 0.188. The van der Waals surface area contributed by atoms with Crippen LogP contribution < -0.4 is 0 Å². The molecule has 10 nitrogen and oxygen atoms in total. The van der Waals surface area contributed by atoms with Crippen molar-refractivity contribution in [2.45, 2.75) is 13.8 Å². The van der Waals surface area contributed by atoms with Gasteiger partial charge in [-0.3, -0.25) is 9.05 Å². The summed E-state index contributed by atoms with van der Waals surface area (Å²) in [5, 5.41) is 0. The Labute approximate surface area is 123 Å². The molecule has 0 atom stereocenters. The molecule has 0 unspecified atom stereocenters. The van der Waals surface area contributed by atoms with E-state index in [2.05, 4.69) is 37.5 Å². The molecule has 0 bridgehead atoms. The summed E-state index contributed by atoms with van der Waals surface area (Å²) < 4.78 is 47.0. The van der Waals surface area contributed by atoms with Crippen LogP contribution in [-0.2, 0) is 42.0 Å². The molecule has 2 aliphatic rings. The summed E-state index contributed by atoms with van der Waals surface area (Å²) in [5.41, 5.74) is 0. The standard InChI is InChI=1S/C4H11O4P.2C3H6O3/c1-3-7-9(5,6)8-4-2;2*1-4-2-6-3-5-1/h3-4H2,1-2H3,(H,5,6);2*1-3H2. The van der Waals surface area contributed by atoms with Crippen LogP contribution in [0.15, 0.2) is 0 Å². The first-order valence-electron chi connectivity index (χ1n) is 6.20. The van der Waals surface area contributed by atoms with Crippen molar-refractivity contribution in [2.75, 3.05) is 54.0 Å². The zero-order chi connectivity index (χ0) is 15.8. The molecule has 0 spiro atoms. The number of phosphoric ester groups is 1. The van der Waals surface area contributed by atoms with E-state index in [4.69, 9.17) is 4.89 Å². The van der Waals surface area contributed by atoms with Gasteiger partial charge in [0.05, 0.1) is 13.2 Å². The highest BCUT2D eigenvalue weighted by Gasteiger charge is 2.17. The second-order valence-corrected chi connectivity index (χ2v) is 4.69. The van der Waals surface area contributed by atoms with Crippen molar-refractivity contribution in [2.24, 2.45) is 0 Å². The molecule has 0 radical (unpaired) electrons. The van der Waals surface area contributed by atoms with Crippen molar-refractivity contribution in [1.82, 2.24) is 0 Å². The first-order chi connectivity index (χ1) is 10.1. The maximum absolute atomic E-state index is 10.5. The van der Waals surface area contributed by atoms with Crippen LogP contribution >= 0.6 is 7.82 Å². The summed E-state index contributed by atoms with van der Waals surface area (Å²) in [6.07, 6.45) is 0. The van der Waals surface area contributed by atoms with Crippen LogP contribution in [0.1, 0.15) is 13.8 Å². The summed E-state index contributed by atoms with van der Waals surface area (Å²) in [5.74, 6) is 0. The fourth-order valence-electron chi connectivity index (χ4n) is 0.921. The van der Waals surface area contributed by atoms with Crippen molar-refractivity contribution in [3.63, 3.8) is 0 Å². The highest BCUT2D eigenvalue weighted by Crippen LogP contribution is 2.42. The van der Waals surface area contributed by atoms with Crippen LogP contribution in [0, 0.1) is 0 Å². The Hall–Kier alpha value is -0.130. The largest absolute Gasteiger partial charge is 0.472 e. The van der Waals surface area contributed by atoms with Gasteiger partial charge in [0.1, 0.15) is 0 Å². The Morgan fingerprint density at radius 1 is 0.762 bits per heavy atom. The van der Waals surface area contributed by atoms with Gasteiger partial charge < -0.3 is 33.3 Å². The highest BCUT2D eigenvalue weighted by atomic mass is 31.2. The number of phosphoric acid groups is 1. The van der Waals surface area contributed by atoms with Crippen molar-refractivity contribution < 1.29 is 46.9 Å². The van der Waals surface area contributed by atoms with E-state index in [1.807, 2.05) is 0 Å². The maximum Gasteiger partial charge on any atom is 0.472 e. The molecular formula is C10H23O10P. The van der Waals surface area contributed by atoms with E-state index in [1.165, 1.54) is 0 Å². The lowest BCUT2D eigenvalue weighted by atomic mass is 10.9. The van der Waals surface area contributed by atoms with E-state index in [0.717, 1.165) is 0 Å². The molecule has 128 valence electrons. The molecule has 2 aliphatic heterocycles. The minimum Gasteiger partial charge on any atom is -0.329 e. The second-order valence-electron chi connectivity index (χ2n) is 3.24. The monoisotopic (exact) mass is 334 g/mol. The molecular weight excluding hydrogens is 311 g/mol. The van der Waals surface area contributed by atoms with Crippen molar-refractivity contribution in [3.8, 4) is 0 Å². The molecule has 2 heterocycles. The van der Waals surface area contributed by atoms with Gasteiger partial charge in [0.15, 0.2) is 40.8 Å². The molecule has 0 aromatic rings. The smallest absolute Gasteiger partial charge is 0.329 e. The van der Waals surface area contributed by atoms with E-state index in [9.17, 15) is 4.57 Å². The van der Waals surface area contributed by atoms with Crippen molar-refractivity contribution in [1.29, 1.82) is 0 Å². The van der Waals surface area contributed by atoms with Gasteiger partial charge in [-0.15, -0.1) is 0 Å². The van der Waals surface area contributed by atoms with Gasteiger partial charge in [0.25, 0.3) is 0 Å². The third-order valence-electron chi connectivity index (χ3n) is 1.58. The number of hydrogen-bond donors (Lipinski definition) is 1. The highest BCUT2D eigenvalue weighted by molar-refractivity contribution is 7.47. The zero-order valence-electron chi connectivity index (χ0n) is 12.2. The zero-order valence-corrected chi connectivity index (χ0v) is 13.1. The van der Waals surface area contributed by atoms with Crippen LogP contribution in [0.3, 0.4) is 0 Å². The third-order valence-corrected chi connectivity index (χ3v) is 2.75.